The van der Waals surface area contributed by atoms with E-state index >= 15 is 0 Å². The van der Waals surface area contributed by atoms with Crippen molar-refractivity contribution >= 4 is 0 Å². The second-order valence-electron chi connectivity index (χ2n) is 13.5. The minimum Gasteiger partial charge on any atom is -0.393 e. The lowest BCUT2D eigenvalue weighted by Gasteiger charge is -2.63. The van der Waals surface area contributed by atoms with E-state index in [1.807, 2.05) is 5.57 Å². The summed E-state index contributed by atoms with van der Waals surface area (Å²) in [5, 5.41) is 10.8. The van der Waals surface area contributed by atoms with Crippen LogP contribution >= 0.6 is 0 Å². The van der Waals surface area contributed by atoms with Crippen molar-refractivity contribution in [2.45, 2.75) is 119 Å². The highest BCUT2D eigenvalue weighted by atomic mass is 16.3. The molecule has 0 bridgehead atoms. The van der Waals surface area contributed by atoms with E-state index in [2.05, 4.69) is 54.5 Å². The Morgan fingerprint density at radius 3 is 2.40 bits per heavy atom. The van der Waals surface area contributed by atoms with Crippen molar-refractivity contribution in [2.24, 2.45) is 51.8 Å². The Labute approximate surface area is 187 Å². The average molecular weight is 415 g/mol. The Hall–Kier alpha value is -0.300. The average Bonchev–Trinajstić information content (AvgIpc) is 3.02. The Morgan fingerprint density at radius 2 is 1.70 bits per heavy atom. The molecular weight excluding hydrogens is 364 g/mol. The van der Waals surface area contributed by atoms with Gasteiger partial charge in [0.15, 0.2) is 0 Å². The monoisotopic (exact) mass is 414 g/mol. The van der Waals surface area contributed by atoms with E-state index in [0.29, 0.717) is 16.7 Å². The number of hydrogen-bond acceptors (Lipinski definition) is 1. The number of rotatable bonds is 5. The van der Waals surface area contributed by atoms with Crippen molar-refractivity contribution < 1.29 is 5.11 Å². The van der Waals surface area contributed by atoms with Gasteiger partial charge < -0.3 is 5.11 Å². The number of fused-ring (bicyclic) bond motifs is 5. The molecule has 8 atom stereocenters. The maximum absolute atomic E-state index is 10.8. The van der Waals surface area contributed by atoms with Crippen LogP contribution in [0.1, 0.15) is 113 Å². The second-order valence-corrected chi connectivity index (χ2v) is 13.5. The van der Waals surface area contributed by atoms with Crippen LogP contribution in [0, 0.1) is 51.8 Å². The minimum atomic E-state index is -0.109. The summed E-state index contributed by atoms with van der Waals surface area (Å²) in [7, 11) is 0. The highest BCUT2D eigenvalue weighted by molar-refractivity contribution is 5.30. The first-order valence-electron chi connectivity index (χ1n) is 13.4. The first-order valence-corrected chi connectivity index (χ1v) is 13.4. The van der Waals surface area contributed by atoms with Crippen LogP contribution in [-0.2, 0) is 0 Å². The molecule has 0 spiro atoms. The Balaban J connectivity index is 1.51. The maximum atomic E-state index is 10.8. The van der Waals surface area contributed by atoms with Gasteiger partial charge in [-0.1, -0.05) is 79.4 Å². The molecule has 4 aliphatic carbocycles. The first kappa shape index (κ1) is 22.9. The summed E-state index contributed by atoms with van der Waals surface area (Å²) in [6, 6.07) is 0. The SMILES string of the molecule is CC(C)CCCC(C)C1CC=C2C3CCC4C(C)(C)C(O)CCC4(C)C3CCC21C. The molecule has 3 saturated carbocycles. The molecule has 0 aromatic heterocycles. The van der Waals surface area contributed by atoms with Crippen molar-refractivity contribution in [1.29, 1.82) is 0 Å². The molecule has 30 heavy (non-hydrogen) atoms. The second kappa shape index (κ2) is 7.93. The highest BCUT2D eigenvalue weighted by Gasteiger charge is 2.61. The summed E-state index contributed by atoms with van der Waals surface area (Å²) >= 11 is 0. The van der Waals surface area contributed by atoms with Crippen LogP contribution in [0.15, 0.2) is 11.6 Å². The zero-order valence-electron chi connectivity index (χ0n) is 21.1. The molecule has 0 aliphatic heterocycles. The van der Waals surface area contributed by atoms with Crippen LogP contribution < -0.4 is 0 Å². The van der Waals surface area contributed by atoms with Gasteiger partial charge in [0.25, 0.3) is 0 Å². The third-order valence-corrected chi connectivity index (χ3v) is 11.2. The fourth-order valence-corrected chi connectivity index (χ4v) is 9.36. The summed E-state index contributed by atoms with van der Waals surface area (Å²) in [6.45, 7) is 17.3. The molecule has 0 radical (unpaired) electrons. The van der Waals surface area contributed by atoms with Gasteiger partial charge in [-0.25, -0.2) is 0 Å². The van der Waals surface area contributed by atoms with Crippen molar-refractivity contribution in [3.63, 3.8) is 0 Å². The molecule has 0 saturated heterocycles. The normalized spacial score (nSPS) is 46.0. The zero-order valence-corrected chi connectivity index (χ0v) is 21.1. The van der Waals surface area contributed by atoms with Gasteiger partial charge in [-0.15, -0.1) is 0 Å². The fraction of sp³-hybridized carbons (Fsp3) is 0.931. The third kappa shape index (κ3) is 3.45. The largest absolute Gasteiger partial charge is 0.393 e. The van der Waals surface area contributed by atoms with Gasteiger partial charge in [0.2, 0.25) is 0 Å². The highest BCUT2D eigenvalue weighted by Crippen LogP contribution is 2.69. The molecule has 0 aromatic carbocycles. The lowest BCUT2D eigenvalue weighted by molar-refractivity contribution is -0.156. The Morgan fingerprint density at radius 1 is 0.967 bits per heavy atom. The summed E-state index contributed by atoms with van der Waals surface area (Å²) < 4.78 is 0. The summed E-state index contributed by atoms with van der Waals surface area (Å²) in [5.41, 5.74) is 2.85. The molecule has 8 unspecified atom stereocenters. The smallest absolute Gasteiger partial charge is 0.0594 e. The van der Waals surface area contributed by atoms with E-state index < -0.39 is 0 Å². The molecule has 1 N–H and O–H groups in total. The van der Waals surface area contributed by atoms with Gasteiger partial charge in [-0.3, -0.25) is 0 Å². The van der Waals surface area contributed by atoms with Gasteiger partial charge in [0, 0.05) is 0 Å². The maximum Gasteiger partial charge on any atom is 0.0594 e. The Kier molecular flexibility index (Phi) is 6.05. The van der Waals surface area contributed by atoms with Crippen LogP contribution in [0.2, 0.25) is 0 Å². The van der Waals surface area contributed by atoms with Crippen molar-refractivity contribution in [3.8, 4) is 0 Å². The zero-order chi connectivity index (χ0) is 21.9. The van der Waals surface area contributed by atoms with Crippen LogP contribution in [0.4, 0.5) is 0 Å². The van der Waals surface area contributed by atoms with Crippen molar-refractivity contribution in [3.05, 3.63) is 11.6 Å². The molecule has 4 rings (SSSR count). The predicted octanol–water partition coefficient (Wildman–Crippen LogP) is 8.02. The van der Waals surface area contributed by atoms with E-state index in [4.69, 9.17) is 0 Å². The number of hydrogen-bond donors (Lipinski definition) is 1. The first-order chi connectivity index (χ1) is 14.0. The number of allylic oxidation sites excluding steroid dienone is 2. The van der Waals surface area contributed by atoms with Crippen LogP contribution in [0.3, 0.4) is 0 Å². The summed E-state index contributed by atoms with van der Waals surface area (Å²) in [6.07, 6.45) is 15.9. The number of aliphatic hydroxyl groups excluding tert-OH is 1. The molecule has 0 amide bonds. The topological polar surface area (TPSA) is 20.2 Å². The molecule has 0 heterocycles. The lowest BCUT2D eigenvalue weighted by Crippen LogP contribution is -2.58. The molecule has 1 nitrogen and oxygen atoms in total. The van der Waals surface area contributed by atoms with E-state index in [1.54, 1.807) is 0 Å². The van der Waals surface area contributed by atoms with Gasteiger partial charge >= 0.3 is 0 Å². The summed E-state index contributed by atoms with van der Waals surface area (Å²) in [5.74, 6) is 4.92. The lowest BCUT2D eigenvalue weighted by atomic mass is 9.41. The van der Waals surface area contributed by atoms with Crippen molar-refractivity contribution in [2.75, 3.05) is 0 Å². The third-order valence-electron chi connectivity index (χ3n) is 11.2. The molecule has 172 valence electrons. The predicted molar refractivity (Wildman–Crippen MR) is 128 cm³/mol. The van der Waals surface area contributed by atoms with E-state index in [9.17, 15) is 5.11 Å². The van der Waals surface area contributed by atoms with Gasteiger partial charge in [-0.2, -0.15) is 0 Å². The van der Waals surface area contributed by atoms with Gasteiger partial charge in [0.05, 0.1) is 6.10 Å². The molecule has 1 heteroatoms. The van der Waals surface area contributed by atoms with Gasteiger partial charge in [0.1, 0.15) is 0 Å². The number of aliphatic hydroxyl groups is 1. The van der Waals surface area contributed by atoms with E-state index in [-0.39, 0.29) is 11.5 Å². The molecule has 0 aromatic rings. The minimum absolute atomic E-state index is 0.0796. The summed E-state index contributed by atoms with van der Waals surface area (Å²) in [4.78, 5) is 0. The van der Waals surface area contributed by atoms with E-state index in [1.165, 1.54) is 57.8 Å². The Bertz CT molecular complexity index is 659. The quantitative estimate of drug-likeness (QED) is 0.451. The van der Waals surface area contributed by atoms with Crippen molar-refractivity contribution in [1.82, 2.24) is 0 Å². The molecule has 4 aliphatic rings. The van der Waals surface area contributed by atoms with Crippen LogP contribution in [-0.4, -0.2) is 11.2 Å². The molecule has 3 fully saturated rings. The molecular formula is C29H50O. The fourth-order valence-electron chi connectivity index (χ4n) is 9.36. The van der Waals surface area contributed by atoms with Gasteiger partial charge in [-0.05, 0) is 96.7 Å². The van der Waals surface area contributed by atoms with Crippen LogP contribution in [0.5, 0.6) is 0 Å². The van der Waals surface area contributed by atoms with Crippen LogP contribution in [0.25, 0.3) is 0 Å². The van der Waals surface area contributed by atoms with E-state index in [0.717, 1.165) is 36.0 Å². The standard InChI is InChI=1S/C29H50O/c1-19(2)9-8-10-20(3)22-12-13-23-21-11-14-25-27(4,5)26(30)16-18-29(25,7)24(21)15-17-28(22,23)6/h13,19-22,24-26,30H,8-12,14-18H2,1-7H3.